The lowest BCUT2D eigenvalue weighted by molar-refractivity contribution is 0.0808. The molecule has 6 rings (SSSR count). The summed E-state index contributed by atoms with van der Waals surface area (Å²) >= 11 is 0. The van der Waals surface area contributed by atoms with Crippen LogP contribution in [0.25, 0.3) is 27.5 Å². The first kappa shape index (κ1) is 25.7. The number of methoxy groups -OCH3 is 1. The Hall–Kier alpha value is -4.55. The van der Waals surface area contributed by atoms with E-state index in [2.05, 4.69) is 65.2 Å². The van der Waals surface area contributed by atoms with Crippen LogP contribution in [0.4, 0.5) is 0 Å². The molecule has 5 aromatic rings. The van der Waals surface area contributed by atoms with E-state index in [0.29, 0.717) is 0 Å². The third kappa shape index (κ3) is 4.61. The van der Waals surface area contributed by atoms with Crippen molar-refractivity contribution in [3.05, 3.63) is 126 Å². The van der Waals surface area contributed by atoms with Crippen LogP contribution in [-0.2, 0) is 10.3 Å². The number of aromatic nitrogens is 1. The predicted octanol–water partition coefficient (Wildman–Crippen LogP) is 8.04. The van der Waals surface area contributed by atoms with Crippen LogP contribution < -0.4 is 9.39 Å². The lowest BCUT2D eigenvalue weighted by Crippen LogP contribution is -2.38. The molecule has 1 aliphatic rings. The van der Waals surface area contributed by atoms with Gasteiger partial charge in [-0.05, 0) is 69.3 Å². The molecule has 0 saturated carbocycles. The summed E-state index contributed by atoms with van der Waals surface area (Å²) in [6, 6.07) is 31.1. The van der Waals surface area contributed by atoms with Crippen molar-refractivity contribution in [2.75, 3.05) is 7.11 Å². The third-order valence-electron chi connectivity index (χ3n) is 7.26. The predicted molar refractivity (Wildman–Crippen MR) is 165 cm³/mol. The minimum atomic E-state index is -0.822. The Bertz CT molecular complexity index is 1740. The smallest absolute Gasteiger partial charge is 0.516 e. The van der Waals surface area contributed by atoms with Crippen molar-refractivity contribution in [2.45, 2.75) is 26.4 Å². The van der Waals surface area contributed by atoms with Gasteiger partial charge in [0.25, 0.3) is 0 Å². The highest BCUT2D eigenvalue weighted by Gasteiger charge is 2.37. The maximum Gasteiger partial charge on any atom is 0.685 e. The maximum atomic E-state index is 6.60. The quantitative estimate of drug-likeness (QED) is 0.159. The number of allylic oxidation sites excluding steroid dienone is 4. The SMILES string of the molecule is C/C=C\C=C/C1=NB(OC(C)(C)c2cc(-n3c4ccccc4c4ccccc43)ccc2OC)Oc2ccccc21. The Morgan fingerprint density at radius 1 is 0.850 bits per heavy atom. The Kier molecular flexibility index (Phi) is 6.78. The van der Waals surface area contributed by atoms with Crippen LogP contribution in [0.1, 0.15) is 31.9 Å². The maximum absolute atomic E-state index is 6.60. The van der Waals surface area contributed by atoms with Crippen LogP contribution in [0.3, 0.4) is 0 Å². The topological polar surface area (TPSA) is 45.0 Å². The average molecular weight is 526 g/mol. The standard InChI is InChI=1S/C34H31BN2O3/c1-5-6-7-17-29-27-16-10-13-20-32(27)39-35(36-29)40-34(2,3)28-23-24(21-22-33(28)38-4)37-30-18-11-8-14-25(30)26-15-9-12-19-31(26)37/h5-23H,1-4H3/b6-5-,17-7-. The van der Waals surface area contributed by atoms with E-state index < -0.39 is 12.9 Å². The number of nitrogens with zero attached hydrogens (tertiary/aromatic N) is 2. The molecule has 0 radical (unpaired) electrons. The summed E-state index contributed by atoms with van der Waals surface area (Å²) in [5, 5.41) is 2.43. The highest BCUT2D eigenvalue weighted by molar-refractivity contribution is 6.48. The van der Waals surface area contributed by atoms with Gasteiger partial charge in [0.1, 0.15) is 11.5 Å². The summed E-state index contributed by atoms with van der Waals surface area (Å²) in [6.45, 7) is 6.03. The van der Waals surface area contributed by atoms with Crippen LogP contribution in [0.15, 0.2) is 120 Å². The highest BCUT2D eigenvalue weighted by Crippen LogP contribution is 2.38. The number of fused-ring (bicyclic) bond motifs is 4. The second-order valence-corrected chi connectivity index (χ2v) is 10.2. The zero-order valence-electron chi connectivity index (χ0n) is 23.2. The van der Waals surface area contributed by atoms with E-state index in [4.69, 9.17) is 18.9 Å². The number of para-hydroxylation sites is 3. The molecule has 1 aromatic heterocycles. The first-order valence-corrected chi connectivity index (χ1v) is 13.5. The van der Waals surface area contributed by atoms with E-state index in [1.807, 2.05) is 75.4 Å². The van der Waals surface area contributed by atoms with Crippen molar-refractivity contribution in [3.8, 4) is 17.2 Å². The summed E-state index contributed by atoms with van der Waals surface area (Å²) in [7, 11) is 0.863. The molecule has 0 spiro atoms. The molecular weight excluding hydrogens is 495 g/mol. The normalized spacial score (nSPS) is 13.7. The molecule has 0 unspecified atom stereocenters. The average Bonchev–Trinajstić information content (AvgIpc) is 3.31. The highest BCUT2D eigenvalue weighted by atomic mass is 16.6. The van der Waals surface area contributed by atoms with Crippen molar-refractivity contribution >= 4 is 34.8 Å². The molecule has 40 heavy (non-hydrogen) atoms. The van der Waals surface area contributed by atoms with Crippen LogP contribution in [0.2, 0.25) is 0 Å². The number of rotatable bonds is 7. The van der Waals surface area contributed by atoms with E-state index in [1.165, 1.54) is 10.8 Å². The fraction of sp³-hybridized carbons (Fsp3) is 0.147. The number of hydrogen-bond acceptors (Lipinski definition) is 4. The first-order chi connectivity index (χ1) is 19.5. The minimum Gasteiger partial charge on any atom is -0.516 e. The lowest BCUT2D eigenvalue weighted by Gasteiger charge is -2.31. The van der Waals surface area contributed by atoms with Crippen LogP contribution >= 0.6 is 0 Å². The lowest BCUT2D eigenvalue weighted by atomic mass is 9.92. The van der Waals surface area contributed by atoms with E-state index in [9.17, 15) is 0 Å². The van der Waals surface area contributed by atoms with Crippen molar-refractivity contribution < 1.29 is 14.0 Å². The summed E-state index contributed by atoms with van der Waals surface area (Å²) < 4.78 is 20.9. The number of benzene rings is 4. The van der Waals surface area contributed by atoms with Gasteiger partial charge in [0, 0.05) is 27.6 Å². The Morgan fingerprint density at radius 2 is 1.52 bits per heavy atom. The molecule has 5 nitrogen and oxygen atoms in total. The molecule has 0 amide bonds. The van der Waals surface area contributed by atoms with E-state index in [-0.39, 0.29) is 0 Å². The Balaban J connectivity index is 1.42. The Labute approximate surface area is 235 Å². The molecule has 0 bridgehead atoms. The fourth-order valence-corrected chi connectivity index (χ4v) is 5.36. The summed E-state index contributed by atoms with van der Waals surface area (Å²) in [6.07, 6.45) is 7.91. The number of hydrogen-bond donors (Lipinski definition) is 0. The van der Waals surface area contributed by atoms with E-state index >= 15 is 0 Å². The van der Waals surface area contributed by atoms with Gasteiger partial charge in [0.2, 0.25) is 0 Å². The van der Waals surface area contributed by atoms with Crippen molar-refractivity contribution in [2.24, 2.45) is 4.90 Å². The Morgan fingerprint density at radius 3 is 2.23 bits per heavy atom. The zero-order chi connectivity index (χ0) is 27.7. The van der Waals surface area contributed by atoms with E-state index in [1.54, 1.807) is 7.11 Å². The van der Waals surface area contributed by atoms with Crippen molar-refractivity contribution in [1.82, 2.24) is 4.57 Å². The molecule has 0 atom stereocenters. The largest absolute Gasteiger partial charge is 0.685 e. The second kappa shape index (κ2) is 10.6. The summed E-state index contributed by atoms with van der Waals surface area (Å²) in [5.74, 6) is 1.48. The molecule has 0 aliphatic carbocycles. The van der Waals surface area contributed by atoms with Gasteiger partial charge in [-0.1, -0.05) is 66.8 Å². The zero-order valence-corrected chi connectivity index (χ0v) is 23.2. The van der Waals surface area contributed by atoms with Crippen molar-refractivity contribution in [1.29, 1.82) is 0 Å². The van der Waals surface area contributed by atoms with Gasteiger partial charge in [-0.15, -0.1) is 0 Å². The monoisotopic (exact) mass is 526 g/mol. The molecular formula is C34H31BN2O3. The molecule has 4 aromatic carbocycles. The van der Waals surface area contributed by atoms with Gasteiger partial charge in [0.15, 0.2) is 0 Å². The molecule has 1 aliphatic heterocycles. The molecule has 0 fully saturated rings. The van der Waals surface area contributed by atoms with E-state index in [0.717, 1.165) is 45.1 Å². The summed E-state index contributed by atoms with van der Waals surface area (Å²) in [4.78, 5) is 4.82. The van der Waals surface area contributed by atoms with Gasteiger partial charge in [0.05, 0.1) is 29.5 Å². The van der Waals surface area contributed by atoms with Gasteiger partial charge < -0.3 is 18.6 Å². The van der Waals surface area contributed by atoms with Gasteiger partial charge in [-0.25, -0.2) is 0 Å². The van der Waals surface area contributed by atoms with Crippen LogP contribution in [-0.4, -0.2) is 24.6 Å². The molecule has 0 saturated heterocycles. The third-order valence-corrected chi connectivity index (χ3v) is 7.26. The molecule has 198 valence electrons. The first-order valence-electron chi connectivity index (χ1n) is 13.5. The van der Waals surface area contributed by atoms with Gasteiger partial charge >= 0.3 is 7.25 Å². The molecule has 6 heteroatoms. The van der Waals surface area contributed by atoms with Crippen LogP contribution in [0.5, 0.6) is 11.5 Å². The fourth-order valence-electron chi connectivity index (χ4n) is 5.36. The second-order valence-electron chi connectivity index (χ2n) is 10.2. The van der Waals surface area contributed by atoms with Crippen molar-refractivity contribution in [3.63, 3.8) is 0 Å². The molecule has 0 N–H and O–H groups in total. The van der Waals surface area contributed by atoms with Gasteiger partial charge in [-0.3, -0.25) is 4.90 Å². The number of ether oxygens (including phenoxy) is 1. The van der Waals surface area contributed by atoms with Gasteiger partial charge in [-0.2, -0.15) is 0 Å². The van der Waals surface area contributed by atoms with Crippen LogP contribution in [0, 0.1) is 0 Å². The summed E-state index contributed by atoms with van der Waals surface area (Å²) in [5.41, 5.74) is 5.18. The molecule has 2 heterocycles. The minimum absolute atomic E-state index is 0.739.